The fraction of sp³-hybridized carbons (Fsp3) is 0.182. The molecule has 11 heteroatoms. The minimum absolute atomic E-state index is 0.0225. The van der Waals surface area contributed by atoms with Gasteiger partial charge in [-0.1, -0.05) is 81.2 Å². The quantitative estimate of drug-likeness (QED) is 0.162. The maximum Gasteiger partial charge on any atom is 0.339 e. The fourth-order valence-electron chi connectivity index (χ4n) is 2.29. The van der Waals surface area contributed by atoms with Gasteiger partial charge in [0.1, 0.15) is 10.9 Å². The highest BCUT2D eigenvalue weighted by Crippen LogP contribution is 2.61. The summed E-state index contributed by atoms with van der Waals surface area (Å²) in [4.78, 5) is 17.6. The van der Waals surface area contributed by atoms with Crippen LogP contribution < -0.4 is 5.56 Å². The van der Waals surface area contributed by atoms with Gasteiger partial charge in [0.25, 0.3) is 5.56 Å². The van der Waals surface area contributed by atoms with Crippen molar-refractivity contribution >= 4 is 83.9 Å². The molecule has 0 aliphatic heterocycles. The van der Waals surface area contributed by atoms with E-state index in [2.05, 4.69) is 43.7 Å². The predicted molar refractivity (Wildman–Crippen MR) is 146 cm³/mol. The number of para-hydroxylation sites is 2. The molecule has 0 amide bonds. The van der Waals surface area contributed by atoms with Gasteiger partial charge in [-0.3, -0.25) is 9.36 Å². The van der Waals surface area contributed by atoms with Gasteiger partial charge in [0.05, 0.1) is 16.1 Å². The van der Waals surface area contributed by atoms with Gasteiger partial charge in [0.15, 0.2) is 0 Å². The summed E-state index contributed by atoms with van der Waals surface area (Å²) in [6, 6.07) is 17.5. The van der Waals surface area contributed by atoms with Crippen LogP contribution in [0.4, 0.5) is 0 Å². The first-order valence-corrected chi connectivity index (χ1v) is 14.9. The lowest BCUT2D eigenvalue weighted by Crippen LogP contribution is -2.02. The number of pyridine rings is 2. The van der Waals surface area contributed by atoms with Gasteiger partial charge >= 0.3 is 5.20 Å². The van der Waals surface area contributed by atoms with Crippen LogP contribution in [0.15, 0.2) is 65.5 Å². The largest absolute Gasteiger partial charge is 0.507 e. The Kier molecular flexibility index (Phi) is 15.5. The maximum absolute atomic E-state index is 10.9. The lowest BCUT2D eigenvalue weighted by atomic mass is 10.2. The van der Waals surface area contributed by atoms with Crippen LogP contribution >= 0.6 is 62.1 Å². The molecule has 33 heavy (non-hydrogen) atoms. The molecule has 0 aliphatic rings. The van der Waals surface area contributed by atoms with Crippen molar-refractivity contribution in [2.45, 2.75) is 27.7 Å². The first-order chi connectivity index (χ1) is 15.5. The van der Waals surface area contributed by atoms with E-state index in [1.165, 1.54) is 6.07 Å². The lowest BCUT2D eigenvalue weighted by Gasteiger charge is -1.98. The molecule has 2 aromatic heterocycles. The molecule has 2 aromatic carbocycles. The monoisotopic (exact) mass is 570 g/mol. The summed E-state index contributed by atoms with van der Waals surface area (Å²) < 4.78 is 9.51. The lowest BCUT2D eigenvalue weighted by molar-refractivity contribution is 0.480. The van der Waals surface area contributed by atoms with Crippen molar-refractivity contribution in [1.82, 2.24) is 9.97 Å². The van der Waals surface area contributed by atoms with E-state index in [1.807, 2.05) is 52.0 Å². The predicted octanol–water partition coefficient (Wildman–Crippen LogP) is 9.64. The first kappa shape index (κ1) is 31.5. The average molecular weight is 573 g/mol. The molecular formula is C22H24Cl5N2O3P. The van der Waals surface area contributed by atoms with Crippen molar-refractivity contribution in [3.8, 4) is 5.75 Å². The minimum Gasteiger partial charge on any atom is -0.507 e. The highest BCUT2D eigenvalue weighted by molar-refractivity contribution is 8.24. The molecule has 0 saturated carbocycles. The van der Waals surface area contributed by atoms with Gasteiger partial charge in [0, 0.05) is 16.8 Å². The van der Waals surface area contributed by atoms with Gasteiger partial charge in [0.2, 0.25) is 0 Å². The van der Waals surface area contributed by atoms with Gasteiger partial charge in [-0.15, -0.1) is 0 Å². The van der Waals surface area contributed by atoms with E-state index in [9.17, 15) is 14.5 Å². The third-order valence-electron chi connectivity index (χ3n) is 3.36. The summed E-state index contributed by atoms with van der Waals surface area (Å²) in [7, 11) is 0. The van der Waals surface area contributed by atoms with Crippen molar-refractivity contribution < 1.29 is 9.67 Å². The number of hydrogen-bond acceptors (Lipinski definition) is 4. The second kappa shape index (κ2) is 16.2. The number of aromatic nitrogens is 2. The molecule has 0 bridgehead atoms. The molecule has 0 fully saturated rings. The van der Waals surface area contributed by atoms with Crippen LogP contribution in [-0.2, 0) is 4.57 Å². The number of aromatic amines is 1. The molecule has 0 saturated heterocycles. The van der Waals surface area contributed by atoms with Crippen LogP contribution in [0.25, 0.3) is 21.8 Å². The van der Waals surface area contributed by atoms with Crippen LogP contribution in [0, 0.1) is 0 Å². The molecule has 4 aromatic rings. The van der Waals surface area contributed by atoms with E-state index in [0.717, 1.165) is 10.9 Å². The van der Waals surface area contributed by atoms with Crippen LogP contribution in [0.3, 0.4) is 0 Å². The number of benzene rings is 2. The number of aromatic hydroxyl groups is 1. The summed E-state index contributed by atoms with van der Waals surface area (Å²) in [5.74, 6) is 0.0225. The SMILES string of the molecule is CC.CC.Clc1cc(Cl)c2ccccc2n1.O=P(Cl)(Cl)Cl.O=c1cc(O)c2ccccc2[nH]1. The Morgan fingerprint density at radius 2 is 1.33 bits per heavy atom. The molecule has 2 N–H and O–H groups in total. The normalized spacial score (nSPS) is 9.73. The van der Waals surface area contributed by atoms with E-state index in [1.54, 1.807) is 30.3 Å². The zero-order valence-electron chi connectivity index (χ0n) is 18.3. The Bertz CT molecular complexity index is 1240. The Balaban J connectivity index is 0.000000463. The van der Waals surface area contributed by atoms with E-state index in [0.29, 0.717) is 21.1 Å². The Morgan fingerprint density at radius 1 is 0.848 bits per heavy atom. The smallest absolute Gasteiger partial charge is 0.339 e. The molecule has 0 atom stereocenters. The Morgan fingerprint density at radius 3 is 1.91 bits per heavy atom. The van der Waals surface area contributed by atoms with Gasteiger partial charge < -0.3 is 10.1 Å². The van der Waals surface area contributed by atoms with Crippen LogP contribution in [0.2, 0.25) is 10.2 Å². The van der Waals surface area contributed by atoms with E-state index < -0.39 is 5.20 Å². The number of nitrogens with zero attached hydrogens (tertiary/aromatic N) is 1. The standard InChI is InChI=1S/C9H5Cl2N.C9H7NO2.2C2H6.Cl3OP/c10-7-5-9(11)12-8-4-2-1-3-6(7)8;11-8-5-9(12)10-7-4-2-1-3-6(7)8;2*1-2;1-5(2,3)4/h1-5H;1-5H,(H2,10,11,12);2*1-2H3;. The van der Waals surface area contributed by atoms with Crippen molar-refractivity contribution in [2.75, 3.05) is 0 Å². The second-order valence-electron chi connectivity index (χ2n) is 5.41. The summed E-state index contributed by atoms with van der Waals surface area (Å²) >= 11 is 25.5. The highest BCUT2D eigenvalue weighted by atomic mass is 36.0. The Labute approximate surface area is 217 Å². The zero-order chi connectivity index (χ0) is 25.6. The van der Waals surface area contributed by atoms with Crippen LogP contribution in [0.1, 0.15) is 27.7 Å². The van der Waals surface area contributed by atoms with Crippen molar-refractivity contribution in [3.63, 3.8) is 0 Å². The number of nitrogens with one attached hydrogen (secondary N) is 1. The van der Waals surface area contributed by atoms with E-state index in [-0.39, 0.29) is 11.3 Å². The molecule has 0 aliphatic carbocycles. The second-order valence-corrected chi connectivity index (χ2v) is 12.8. The molecule has 2 heterocycles. The molecule has 180 valence electrons. The fourth-order valence-corrected chi connectivity index (χ4v) is 2.81. The van der Waals surface area contributed by atoms with Crippen molar-refractivity contribution in [1.29, 1.82) is 0 Å². The van der Waals surface area contributed by atoms with Crippen LogP contribution in [-0.4, -0.2) is 15.1 Å². The molecular weight excluding hydrogens is 548 g/mol. The summed E-state index contributed by atoms with van der Waals surface area (Å²) in [6.45, 7) is 8.00. The van der Waals surface area contributed by atoms with Gasteiger partial charge in [-0.05, 0) is 58.0 Å². The molecule has 4 rings (SSSR count). The summed E-state index contributed by atoms with van der Waals surface area (Å²) in [5.41, 5.74) is 1.20. The van der Waals surface area contributed by atoms with Crippen molar-refractivity contribution in [3.05, 3.63) is 81.2 Å². The first-order valence-electron chi connectivity index (χ1n) is 9.75. The average Bonchev–Trinajstić information content (AvgIpc) is 2.76. The third-order valence-corrected chi connectivity index (χ3v) is 3.87. The van der Waals surface area contributed by atoms with E-state index >= 15 is 0 Å². The number of fused-ring (bicyclic) bond motifs is 2. The maximum atomic E-state index is 10.9. The molecule has 0 spiro atoms. The van der Waals surface area contributed by atoms with Gasteiger partial charge in [-0.25, -0.2) is 4.98 Å². The van der Waals surface area contributed by atoms with Gasteiger partial charge in [-0.2, -0.15) is 0 Å². The zero-order valence-corrected chi connectivity index (χ0v) is 23.0. The topological polar surface area (TPSA) is 83.1 Å². The highest BCUT2D eigenvalue weighted by Gasteiger charge is 2.03. The minimum atomic E-state index is -3.22. The number of rotatable bonds is 0. The molecule has 0 unspecified atom stereocenters. The van der Waals surface area contributed by atoms with Crippen molar-refractivity contribution in [2.24, 2.45) is 0 Å². The Hall–Kier alpha value is -1.46. The molecule has 0 radical (unpaired) electrons. The summed E-state index contributed by atoms with van der Waals surface area (Å²) in [6.07, 6.45) is 0. The number of H-pyrrole nitrogens is 1. The van der Waals surface area contributed by atoms with E-state index in [4.69, 9.17) is 23.2 Å². The number of halogens is 5. The molecule has 5 nitrogen and oxygen atoms in total. The number of hydrogen-bond donors (Lipinski definition) is 2. The summed E-state index contributed by atoms with van der Waals surface area (Å²) in [5, 5.41) is 8.78. The van der Waals surface area contributed by atoms with Crippen LogP contribution in [0.5, 0.6) is 5.75 Å². The third kappa shape index (κ3) is 12.5.